The quantitative estimate of drug-likeness (QED) is 0.254. The molecular formula is CH3BFOP. The highest BCUT2D eigenvalue weighted by atomic mass is 31.2. The van der Waals surface area contributed by atoms with Crippen LogP contribution in [-0.4, -0.2) is 13.6 Å². The van der Waals surface area contributed by atoms with Gasteiger partial charge in [0.25, 0.3) is 0 Å². The first-order valence-electron chi connectivity index (χ1n) is 1.11. The fourth-order valence-corrected chi connectivity index (χ4v) is 0. The summed E-state index contributed by atoms with van der Waals surface area (Å²) in [5.41, 5.74) is 0. The number of carbonyl (C=O) groups is 1. The van der Waals surface area contributed by atoms with Crippen LogP contribution in [0.2, 0.25) is 0 Å². The van der Waals surface area contributed by atoms with Crippen molar-refractivity contribution in [3.05, 3.63) is 0 Å². The van der Waals surface area contributed by atoms with Crippen LogP contribution < -0.4 is 0 Å². The summed E-state index contributed by atoms with van der Waals surface area (Å²) >= 11 is 0. The van der Waals surface area contributed by atoms with E-state index in [1.54, 1.807) is 0 Å². The van der Waals surface area contributed by atoms with Crippen LogP contribution in [0.4, 0.5) is 4.20 Å². The Morgan fingerprint density at radius 3 is 2.20 bits per heavy atom. The summed E-state index contributed by atoms with van der Waals surface area (Å²) in [7, 11) is -0.526. The maximum absolute atomic E-state index is 11.1. The van der Waals surface area contributed by atoms with Crippen molar-refractivity contribution in [1.29, 1.82) is 0 Å². The first-order valence-corrected chi connectivity index (χ1v) is 2.86. The number of hydrogen-bond donors (Lipinski definition) is 0. The molecule has 0 N–H and O–H groups in total. The maximum Gasteiger partial charge on any atom is 0.185 e. The van der Waals surface area contributed by atoms with Crippen LogP contribution in [0, 0.1) is 0 Å². The van der Waals surface area contributed by atoms with Crippen LogP contribution >= 0.6 is 8.11 Å². The molecule has 0 saturated heterocycles. The lowest BCUT2D eigenvalue weighted by Gasteiger charge is -1.73. The zero-order valence-electron chi connectivity index (χ0n) is 2.81. The van der Waals surface area contributed by atoms with Gasteiger partial charge in [0.15, 0.2) is 13.6 Å². The van der Waals surface area contributed by atoms with Crippen LogP contribution in [0.15, 0.2) is 0 Å². The second kappa shape index (κ2) is 2.34. The highest BCUT2D eigenvalue weighted by molar-refractivity contribution is 7.89. The van der Waals surface area contributed by atoms with Crippen LogP contribution in [0.3, 0.4) is 0 Å². The molecule has 0 amide bonds. The second-order valence-electron chi connectivity index (χ2n) is 0.630. The molecule has 1 unspecified atom stereocenters. The molecule has 0 radical (unpaired) electrons. The van der Waals surface area contributed by atoms with E-state index in [0.717, 1.165) is 0 Å². The minimum absolute atomic E-state index is 0.315. The van der Waals surface area contributed by atoms with Crippen LogP contribution in [0.25, 0.3) is 0 Å². The lowest BCUT2D eigenvalue weighted by atomic mass is 10.8. The SMILES string of the molecule is BP(F)C=O. The van der Waals surface area contributed by atoms with Crippen molar-refractivity contribution in [3.8, 4) is 0 Å². The third kappa shape index (κ3) is 4.09. The third-order valence-electron chi connectivity index (χ3n) is 0.145. The molecule has 0 rings (SSSR count). The molecule has 4 heteroatoms. The Morgan fingerprint density at radius 1 is 2.00 bits per heavy atom. The molecule has 0 aromatic carbocycles. The van der Waals surface area contributed by atoms with Crippen molar-refractivity contribution in [2.45, 2.75) is 0 Å². The molecule has 28 valence electrons. The van der Waals surface area contributed by atoms with Gasteiger partial charge in [0, 0.05) is 0 Å². The Morgan fingerprint density at radius 2 is 2.20 bits per heavy atom. The summed E-state index contributed by atoms with van der Waals surface area (Å²) in [4.78, 5) is 9.16. The number of halogens is 1. The molecule has 0 aliphatic rings. The molecule has 5 heavy (non-hydrogen) atoms. The predicted molar refractivity (Wildman–Crippen MR) is 23.3 cm³/mol. The second-order valence-corrected chi connectivity index (χ2v) is 1.89. The molecule has 0 heterocycles. The molecule has 0 bridgehead atoms. The summed E-state index contributed by atoms with van der Waals surface area (Å²) in [6.07, 6.45) is 0. The normalized spacial score (nSPS) is 13.8. The minimum Gasteiger partial charge on any atom is -0.296 e. The zero-order valence-corrected chi connectivity index (χ0v) is 3.71. The highest BCUT2D eigenvalue weighted by Gasteiger charge is 1.86. The Balaban J connectivity index is 2.83. The van der Waals surface area contributed by atoms with Crippen molar-refractivity contribution in [1.82, 2.24) is 0 Å². The lowest BCUT2D eigenvalue weighted by molar-refractivity contribution is 0.568. The molecule has 1 nitrogen and oxygen atoms in total. The van der Waals surface area contributed by atoms with Crippen molar-refractivity contribution in [2.24, 2.45) is 0 Å². The molecule has 0 aliphatic carbocycles. The van der Waals surface area contributed by atoms with Gasteiger partial charge in [-0.15, -0.1) is 0 Å². The Labute approximate surface area is 31.8 Å². The topological polar surface area (TPSA) is 17.1 Å². The monoisotopic (exact) mass is 92.0 g/mol. The largest absolute Gasteiger partial charge is 0.296 e. The molecular weight excluding hydrogens is 88.8 g/mol. The first-order chi connectivity index (χ1) is 2.27. The fraction of sp³-hybridized carbons (Fsp3) is 0. The summed E-state index contributed by atoms with van der Waals surface area (Å²) in [5.74, 6) is 0. The van der Waals surface area contributed by atoms with Crippen LogP contribution in [-0.2, 0) is 4.79 Å². The number of hydrogen-bond acceptors (Lipinski definition) is 1. The van der Waals surface area contributed by atoms with Crippen molar-refractivity contribution in [3.63, 3.8) is 0 Å². The van der Waals surface area contributed by atoms with Gasteiger partial charge in [0.2, 0.25) is 0 Å². The van der Waals surface area contributed by atoms with E-state index in [-0.39, 0.29) is 0 Å². The lowest BCUT2D eigenvalue weighted by Crippen LogP contribution is -1.56. The first kappa shape index (κ1) is 5.09. The predicted octanol–water partition coefficient (Wildman–Crippen LogP) is 0.0911. The van der Waals surface area contributed by atoms with Gasteiger partial charge in [-0.05, 0) is 0 Å². The van der Waals surface area contributed by atoms with Gasteiger partial charge in [-0.25, -0.2) is 4.20 Å². The minimum atomic E-state index is -1.78. The van der Waals surface area contributed by atoms with E-state index in [4.69, 9.17) is 4.79 Å². The number of carbonyl (C=O) groups excluding carboxylic acids is 1. The van der Waals surface area contributed by atoms with E-state index in [2.05, 4.69) is 0 Å². The smallest absolute Gasteiger partial charge is 0.185 e. The average Bonchev–Trinajstić information content (AvgIpc) is 1.38. The van der Waals surface area contributed by atoms with E-state index in [0.29, 0.717) is 6.03 Å². The van der Waals surface area contributed by atoms with E-state index >= 15 is 0 Å². The van der Waals surface area contributed by atoms with Gasteiger partial charge in [0.1, 0.15) is 0 Å². The Kier molecular flexibility index (Phi) is 2.38. The fourth-order valence-electron chi connectivity index (χ4n) is 0. The van der Waals surface area contributed by atoms with Gasteiger partial charge in [-0.3, -0.25) is 4.79 Å². The van der Waals surface area contributed by atoms with Gasteiger partial charge < -0.3 is 0 Å². The Hall–Kier alpha value is 0.0949. The zero-order chi connectivity index (χ0) is 4.28. The van der Waals surface area contributed by atoms with E-state index in [9.17, 15) is 4.20 Å². The molecule has 0 fully saturated rings. The summed E-state index contributed by atoms with van der Waals surface area (Å²) in [6.45, 7) is 0. The van der Waals surface area contributed by atoms with Crippen LogP contribution in [0.5, 0.6) is 0 Å². The Bertz CT molecular complexity index is 38.6. The number of rotatable bonds is 1. The van der Waals surface area contributed by atoms with Crippen molar-refractivity contribution in [2.75, 3.05) is 0 Å². The molecule has 0 aliphatic heterocycles. The van der Waals surface area contributed by atoms with E-state index in [1.165, 1.54) is 7.57 Å². The average molecular weight is 91.8 g/mol. The molecule has 0 spiro atoms. The maximum atomic E-state index is 11.1. The van der Waals surface area contributed by atoms with Crippen molar-refractivity contribution >= 4 is 21.7 Å². The standard InChI is InChI=1S/CH3BFOP/c2-5(3)1-4/h1H,2H2. The molecule has 1 atom stereocenters. The summed E-state index contributed by atoms with van der Waals surface area (Å²) in [6, 6.07) is 0.315. The summed E-state index contributed by atoms with van der Waals surface area (Å²) in [5, 5.41) is 0. The van der Waals surface area contributed by atoms with E-state index in [1.807, 2.05) is 0 Å². The van der Waals surface area contributed by atoms with Gasteiger partial charge >= 0.3 is 0 Å². The van der Waals surface area contributed by atoms with Gasteiger partial charge in [-0.1, -0.05) is 0 Å². The summed E-state index contributed by atoms with van der Waals surface area (Å²) < 4.78 is 11.1. The van der Waals surface area contributed by atoms with Gasteiger partial charge in [-0.2, -0.15) is 0 Å². The van der Waals surface area contributed by atoms with Crippen molar-refractivity contribution < 1.29 is 8.99 Å². The molecule has 0 saturated carbocycles. The van der Waals surface area contributed by atoms with Gasteiger partial charge in [0.05, 0.1) is 8.11 Å². The third-order valence-corrected chi connectivity index (χ3v) is 0.436. The highest BCUT2D eigenvalue weighted by Crippen LogP contribution is 2.23. The van der Waals surface area contributed by atoms with Crippen LogP contribution in [0.1, 0.15) is 0 Å². The van der Waals surface area contributed by atoms with E-state index < -0.39 is 8.11 Å². The molecule has 0 aromatic heterocycles. The molecule has 0 aromatic rings.